The number of hydrogen-bond acceptors (Lipinski definition) is 6. The van der Waals surface area contributed by atoms with E-state index in [0.29, 0.717) is 22.7 Å². The van der Waals surface area contributed by atoms with E-state index in [9.17, 15) is 9.59 Å². The highest BCUT2D eigenvalue weighted by molar-refractivity contribution is 5.96. The molecule has 0 unspecified atom stereocenters. The average molecular weight is 416 g/mol. The molecule has 1 aromatic heterocycles. The molecule has 0 atom stereocenters. The molecule has 0 saturated heterocycles. The van der Waals surface area contributed by atoms with Crippen LogP contribution in [-0.4, -0.2) is 30.6 Å². The number of rotatable bonds is 7. The molecule has 0 radical (unpaired) electrons. The van der Waals surface area contributed by atoms with E-state index >= 15 is 0 Å². The SMILES string of the molecule is COc1cc(C=Cc2ccccn2)ccc1OCC(=O)Nc1ccc2c(c1)COC2=O. The Morgan fingerprint density at radius 3 is 2.84 bits per heavy atom. The molecule has 1 aliphatic heterocycles. The third-order valence-corrected chi connectivity index (χ3v) is 4.65. The Hall–Kier alpha value is -4.13. The van der Waals surface area contributed by atoms with Gasteiger partial charge >= 0.3 is 5.97 Å². The number of carbonyl (C=O) groups excluding carboxylic acids is 2. The lowest BCUT2D eigenvalue weighted by Crippen LogP contribution is -2.20. The number of aromatic nitrogens is 1. The number of amides is 1. The highest BCUT2D eigenvalue weighted by Gasteiger charge is 2.21. The van der Waals surface area contributed by atoms with Crippen molar-refractivity contribution in [2.75, 3.05) is 19.0 Å². The number of cyclic esters (lactones) is 1. The first-order valence-corrected chi connectivity index (χ1v) is 9.62. The van der Waals surface area contributed by atoms with Gasteiger partial charge in [-0.05, 0) is 54.1 Å². The van der Waals surface area contributed by atoms with Gasteiger partial charge < -0.3 is 19.5 Å². The number of esters is 1. The van der Waals surface area contributed by atoms with Crippen LogP contribution in [0.1, 0.15) is 27.2 Å². The van der Waals surface area contributed by atoms with Gasteiger partial charge in [0.25, 0.3) is 5.91 Å². The summed E-state index contributed by atoms with van der Waals surface area (Å²) in [5.74, 6) is 0.303. The second-order valence-corrected chi connectivity index (χ2v) is 6.78. The van der Waals surface area contributed by atoms with E-state index in [1.807, 2.05) is 42.5 Å². The number of fused-ring (bicyclic) bond motifs is 1. The maximum Gasteiger partial charge on any atom is 0.338 e. The largest absolute Gasteiger partial charge is 0.493 e. The molecule has 1 N–H and O–H groups in total. The van der Waals surface area contributed by atoms with Crippen LogP contribution in [-0.2, 0) is 16.1 Å². The highest BCUT2D eigenvalue weighted by atomic mass is 16.5. The minimum atomic E-state index is -0.346. The molecule has 2 heterocycles. The van der Waals surface area contributed by atoms with Crippen molar-refractivity contribution in [2.45, 2.75) is 6.61 Å². The van der Waals surface area contributed by atoms with Crippen molar-refractivity contribution in [3.8, 4) is 11.5 Å². The van der Waals surface area contributed by atoms with Crippen molar-refractivity contribution < 1.29 is 23.8 Å². The van der Waals surface area contributed by atoms with E-state index in [-0.39, 0.29) is 25.1 Å². The topological polar surface area (TPSA) is 86.8 Å². The zero-order chi connectivity index (χ0) is 21.6. The molecule has 7 nitrogen and oxygen atoms in total. The smallest absolute Gasteiger partial charge is 0.338 e. The third kappa shape index (κ3) is 4.90. The van der Waals surface area contributed by atoms with Crippen molar-refractivity contribution in [3.63, 3.8) is 0 Å². The Bertz CT molecular complexity index is 1140. The summed E-state index contributed by atoms with van der Waals surface area (Å²) in [5.41, 5.74) is 3.61. The molecule has 3 aromatic rings. The molecule has 31 heavy (non-hydrogen) atoms. The van der Waals surface area contributed by atoms with Crippen molar-refractivity contribution >= 4 is 29.7 Å². The first-order valence-electron chi connectivity index (χ1n) is 9.62. The lowest BCUT2D eigenvalue weighted by atomic mass is 10.1. The molecule has 1 amide bonds. The van der Waals surface area contributed by atoms with E-state index in [1.54, 1.807) is 37.6 Å². The fourth-order valence-corrected chi connectivity index (χ4v) is 3.11. The molecule has 0 fully saturated rings. The lowest BCUT2D eigenvalue weighted by Gasteiger charge is -2.12. The van der Waals surface area contributed by atoms with Crippen molar-refractivity contribution in [1.29, 1.82) is 0 Å². The number of nitrogens with zero attached hydrogens (tertiary/aromatic N) is 1. The Labute approximate surface area is 179 Å². The molecule has 7 heteroatoms. The number of anilines is 1. The van der Waals surface area contributed by atoms with Gasteiger partial charge in [-0.1, -0.05) is 18.2 Å². The fraction of sp³-hybridized carbons (Fsp3) is 0.125. The van der Waals surface area contributed by atoms with Crippen molar-refractivity contribution in [1.82, 2.24) is 4.98 Å². The van der Waals surface area contributed by atoms with E-state index in [1.165, 1.54) is 0 Å². The zero-order valence-corrected chi connectivity index (χ0v) is 16.8. The highest BCUT2D eigenvalue weighted by Crippen LogP contribution is 2.29. The van der Waals surface area contributed by atoms with Crippen molar-refractivity contribution in [3.05, 3.63) is 83.2 Å². The Kier molecular flexibility index (Phi) is 5.93. The number of ether oxygens (including phenoxy) is 3. The monoisotopic (exact) mass is 416 g/mol. The quantitative estimate of drug-likeness (QED) is 0.587. The minimum Gasteiger partial charge on any atom is -0.493 e. The summed E-state index contributed by atoms with van der Waals surface area (Å²) in [5, 5.41) is 2.75. The van der Waals surface area contributed by atoms with Crippen LogP contribution >= 0.6 is 0 Å². The number of pyridine rings is 1. The summed E-state index contributed by atoms with van der Waals surface area (Å²) in [6.07, 6.45) is 5.56. The van der Waals surface area contributed by atoms with Crippen LogP contribution in [0.15, 0.2) is 60.8 Å². The summed E-state index contributed by atoms with van der Waals surface area (Å²) >= 11 is 0. The molecule has 4 rings (SSSR count). The maximum atomic E-state index is 12.3. The summed E-state index contributed by atoms with van der Waals surface area (Å²) in [6.45, 7) is 0.0265. The van der Waals surface area contributed by atoms with Gasteiger partial charge in [-0.25, -0.2) is 4.79 Å². The van der Waals surface area contributed by atoms with Gasteiger partial charge in [-0.2, -0.15) is 0 Å². The van der Waals surface area contributed by atoms with Gasteiger partial charge in [-0.15, -0.1) is 0 Å². The first kappa shape index (κ1) is 20.2. The van der Waals surface area contributed by atoms with E-state index in [4.69, 9.17) is 14.2 Å². The van der Waals surface area contributed by atoms with E-state index in [0.717, 1.165) is 16.8 Å². The lowest BCUT2D eigenvalue weighted by molar-refractivity contribution is -0.118. The van der Waals surface area contributed by atoms with Gasteiger partial charge in [0, 0.05) is 17.4 Å². The van der Waals surface area contributed by atoms with Gasteiger partial charge in [0.05, 0.1) is 18.4 Å². The fourth-order valence-electron chi connectivity index (χ4n) is 3.11. The first-order chi connectivity index (χ1) is 15.1. The van der Waals surface area contributed by atoms with Crippen LogP contribution in [0.2, 0.25) is 0 Å². The number of carbonyl (C=O) groups is 2. The van der Waals surface area contributed by atoms with E-state index < -0.39 is 0 Å². The Balaban J connectivity index is 1.37. The summed E-state index contributed by atoms with van der Waals surface area (Å²) in [4.78, 5) is 28.0. The molecule has 0 saturated carbocycles. The van der Waals surface area contributed by atoms with Crippen LogP contribution < -0.4 is 14.8 Å². The van der Waals surface area contributed by atoms with Crippen LogP contribution in [0, 0.1) is 0 Å². The normalized spacial score (nSPS) is 12.4. The van der Waals surface area contributed by atoms with Gasteiger partial charge in [0.15, 0.2) is 18.1 Å². The van der Waals surface area contributed by atoms with Crippen LogP contribution in [0.3, 0.4) is 0 Å². The molecular weight excluding hydrogens is 396 g/mol. The van der Waals surface area contributed by atoms with Gasteiger partial charge in [-0.3, -0.25) is 9.78 Å². The molecule has 156 valence electrons. The predicted octanol–water partition coefficient (Wildman–Crippen LogP) is 3.95. The molecule has 2 aromatic carbocycles. The second kappa shape index (κ2) is 9.13. The molecule has 0 aliphatic carbocycles. The van der Waals surface area contributed by atoms with E-state index in [2.05, 4.69) is 10.3 Å². The Morgan fingerprint density at radius 2 is 2.03 bits per heavy atom. The average Bonchev–Trinajstić information content (AvgIpc) is 3.17. The van der Waals surface area contributed by atoms with Crippen LogP contribution in [0.5, 0.6) is 11.5 Å². The number of benzene rings is 2. The van der Waals surface area contributed by atoms with Gasteiger partial charge in [0.1, 0.15) is 6.61 Å². The molecular formula is C24H20N2O5. The Morgan fingerprint density at radius 1 is 1.13 bits per heavy atom. The maximum absolute atomic E-state index is 12.3. The summed E-state index contributed by atoms with van der Waals surface area (Å²) in [6, 6.07) is 16.2. The molecule has 0 bridgehead atoms. The zero-order valence-electron chi connectivity index (χ0n) is 16.8. The minimum absolute atomic E-state index is 0.188. The third-order valence-electron chi connectivity index (χ3n) is 4.65. The number of hydrogen-bond donors (Lipinski definition) is 1. The summed E-state index contributed by atoms with van der Waals surface area (Å²) < 4.78 is 16.0. The van der Waals surface area contributed by atoms with Crippen molar-refractivity contribution in [2.24, 2.45) is 0 Å². The standard InChI is InChI=1S/C24H20N2O5/c1-29-22-12-16(5-7-18-4-2-3-11-25-18)6-10-21(22)30-15-23(27)26-19-8-9-20-17(13-19)14-31-24(20)28/h2-13H,14-15H2,1H3,(H,26,27). The van der Waals surface area contributed by atoms with Crippen LogP contribution in [0.4, 0.5) is 5.69 Å². The van der Waals surface area contributed by atoms with Crippen LogP contribution in [0.25, 0.3) is 12.2 Å². The number of methoxy groups -OCH3 is 1. The molecule has 0 spiro atoms. The number of nitrogens with one attached hydrogen (secondary N) is 1. The predicted molar refractivity (Wildman–Crippen MR) is 116 cm³/mol. The second-order valence-electron chi connectivity index (χ2n) is 6.78. The molecule has 1 aliphatic rings. The summed E-state index contributed by atoms with van der Waals surface area (Å²) in [7, 11) is 1.54. The van der Waals surface area contributed by atoms with Gasteiger partial charge in [0.2, 0.25) is 0 Å².